The van der Waals surface area contributed by atoms with Crippen LogP contribution >= 0.6 is 23.1 Å². The number of carbonyl (C=O) groups is 1. The number of hydrogen-bond acceptors (Lipinski definition) is 6. The lowest BCUT2D eigenvalue weighted by molar-refractivity contribution is 0.0947. The van der Waals surface area contributed by atoms with Gasteiger partial charge >= 0.3 is 0 Å². The first kappa shape index (κ1) is 18.3. The largest absolute Gasteiger partial charge is 0.345 e. The van der Waals surface area contributed by atoms with E-state index >= 15 is 0 Å². The van der Waals surface area contributed by atoms with Crippen LogP contribution in [0.25, 0.3) is 11.3 Å². The number of benzene rings is 1. The van der Waals surface area contributed by atoms with Crippen molar-refractivity contribution in [3.63, 3.8) is 0 Å². The lowest BCUT2D eigenvalue weighted by Crippen LogP contribution is -2.23. The Labute approximate surface area is 170 Å². The first-order valence-electron chi connectivity index (χ1n) is 8.60. The molecular weight excluding hydrogens is 388 g/mol. The predicted octanol–water partition coefficient (Wildman–Crippen LogP) is 4.68. The fraction of sp³-hybridized carbons (Fsp3) is 0.0476. The highest BCUT2D eigenvalue weighted by molar-refractivity contribution is 7.99. The van der Waals surface area contributed by atoms with Crippen LogP contribution in [0.5, 0.6) is 0 Å². The number of carbonyl (C=O) groups excluding carboxylic acids is 1. The van der Waals surface area contributed by atoms with Gasteiger partial charge in [0.2, 0.25) is 0 Å². The van der Waals surface area contributed by atoms with E-state index < -0.39 is 0 Å². The Morgan fingerprint density at radius 1 is 1.00 bits per heavy atom. The third-order valence-corrected chi connectivity index (χ3v) is 5.78. The van der Waals surface area contributed by atoms with Crippen molar-refractivity contribution < 1.29 is 4.79 Å². The number of thiazole rings is 1. The summed E-state index contributed by atoms with van der Waals surface area (Å²) in [5.74, 6) is -0.160. The Hall–Kier alpha value is -3.03. The van der Waals surface area contributed by atoms with Crippen LogP contribution in [0.15, 0.2) is 88.5 Å². The number of nitrogens with one attached hydrogen (secondary N) is 1. The van der Waals surface area contributed by atoms with Crippen molar-refractivity contribution in [2.45, 2.75) is 16.5 Å². The van der Waals surface area contributed by atoms with Crippen molar-refractivity contribution in [2.24, 2.45) is 0 Å². The molecule has 0 aliphatic carbocycles. The van der Waals surface area contributed by atoms with E-state index in [9.17, 15) is 4.79 Å². The van der Waals surface area contributed by atoms with Gasteiger partial charge in [-0.3, -0.25) is 9.78 Å². The van der Waals surface area contributed by atoms with Gasteiger partial charge in [-0.2, -0.15) is 0 Å². The van der Waals surface area contributed by atoms with E-state index in [1.165, 1.54) is 23.1 Å². The van der Waals surface area contributed by atoms with Crippen molar-refractivity contribution >= 4 is 29.0 Å². The first-order chi connectivity index (χ1) is 13.8. The van der Waals surface area contributed by atoms with Gasteiger partial charge in [0, 0.05) is 34.4 Å². The summed E-state index contributed by atoms with van der Waals surface area (Å²) in [6.45, 7) is 0.374. The van der Waals surface area contributed by atoms with Crippen molar-refractivity contribution in [3.8, 4) is 11.3 Å². The second-order valence-electron chi connectivity index (χ2n) is 5.82. The van der Waals surface area contributed by atoms with Crippen molar-refractivity contribution in [1.82, 2.24) is 20.3 Å². The summed E-state index contributed by atoms with van der Waals surface area (Å²) in [4.78, 5) is 26.7. The summed E-state index contributed by atoms with van der Waals surface area (Å²) in [6, 6.07) is 17.3. The van der Waals surface area contributed by atoms with Crippen LogP contribution in [0.2, 0.25) is 0 Å². The van der Waals surface area contributed by atoms with E-state index in [2.05, 4.69) is 20.3 Å². The first-order valence-corrected chi connectivity index (χ1v) is 10.3. The third-order valence-electron chi connectivity index (χ3n) is 3.90. The van der Waals surface area contributed by atoms with Gasteiger partial charge in [-0.1, -0.05) is 30.0 Å². The Kier molecular flexibility index (Phi) is 5.75. The van der Waals surface area contributed by atoms with E-state index in [0.29, 0.717) is 17.1 Å². The number of nitrogens with zero attached hydrogens (tertiary/aromatic N) is 3. The summed E-state index contributed by atoms with van der Waals surface area (Å²) in [5.41, 5.74) is 2.46. The van der Waals surface area contributed by atoms with E-state index in [1.54, 1.807) is 30.7 Å². The van der Waals surface area contributed by atoms with Crippen LogP contribution in [-0.4, -0.2) is 20.9 Å². The van der Waals surface area contributed by atoms with Gasteiger partial charge < -0.3 is 5.32 Å². The predicted molar refractivity (Wildman–Crippen MR) is 111 cm³/mol. The SMILES string of the molecule is O=C(NCc1nc(-c2ccncc2)cs1)c1cccnc1Sc1ccccc1. The molecule has 0 aliphatic rings. The van der Waals surface area contributed by atoms with Crippen molar-refractivity contribution in [3.05, 3.63) is 89.1 Å². The smallest absolute Gasteiger partial charge is 0.254 e. The minimum atomic E-state index is -0.160. The maximum Gasteiger partial charge on any atom is 0.254 e. The lowest BCUT2D eigenvalue weighted by Gasteiger charge is -2.08. The van der Waals surface area contributed by atoms with Crippen molar-refractivity contribution in [2.75, 3.05) is 0 Å². The number of pyridine rings is 2. The van der Waals surface area contributed by atoms with Gasteiger partial charge in [0.25, 0.3) is 5.91 Å². The zero-order valence-corrected chi connectivity index (χ0v) is 16.4. The lowest BCUT2D eigenvalue weighted by atomic mass is 10.2. The summed E-state index contributed by atoms with van der Waals surface area (Å²) in [6.07, 6.45) is 5.18. The van der Waals surface area contributed by atoms with Crippen LogP contribution in [0.1, 0.15) is 15.4 Å². The van der Waals surface area contributed by atoms with Crippen LogP contribution in [0, 0.1) is 0 Å². The number of rotatable bonds is 6. The molecule has 4 rings (SSSR count). The molecule has 0 unspecified atom stereocenters. The molecule has 0 spiro atoms. The summed E-state index contributed by atoms with van der Waals surface area (Å²) in [5, 5.41) is 6.46. The molecule has 0 fully saturated rings. The topological polar surface area (TPSA) is 67.8 Å². The zero-order chi connectivity index (χ0) is 19.2. The molecule has 1 amide bonds. The number of hydrogen-bond donors (Lipinski definition) is 1. The molecule has 0 aliphatic heterocycles. The molecule has 5 nitrogen and oxygen atoms in total. The number of amides is 1. The number of aromatic nitrogens is 3. The van der Waals surface area contributed by atoms with Gasteiger partial charge in [0.15, 0.2) is 0 Å². The second kappa shape index (κ2) is 8.77. The van der Waals surface area contributed by atoms with Gasteiger partial charge in [-0.15, -0.1) is 11.3 Å². The third kappa shape index (κ3) is 4.44. The molecule has 1 aromatic carbocycles. The van der Waals surface area contributed by atoms with E-state index in [-0.39, 0.29) is 5.91 Å². The normalized spacial score (nSPS) is 10.6. The average molecular weight is 405 g/mol. The molecule has 0 radical (unpaired) electrons. The Bertz CT molecular complexity index is 1070. The van der Waals surface area contributed by atoms with Crippen LogP contribution in [-0.2, 0) is 6.54 Å². The second-order valence-corrected chi connectivity index (χ2v) is 7.82. The van der Waals surface area contributed by atoms with Crippen molar-refractivity contribution in [1.29, 1.82) is 0 Å². The van der Waals surface area contributed by atoms with Gasteiger partial charge in [0.05, 0.1) is 17.8 Å². The summed E-state index contributed by atoms with van der Waals surface area (Å²) >= 11 is 3.00. The Morgan fingerprint density at radius 3 is 2.64 bits per heavy atom. The fourth-order valence-electron chi connectivity index (χ4n) is 2.54. The maximum absolute atomic E-state index is 12.7. The minimum absolute atomic E-state index is 0.160. The molecule has 0 atom stereocenters. The average Bonchev–Trinajstić information content (AvgIpc) is 3.23. The monoisotopic (exact) mass is 404 g/mol. The quantitative estimate of drug-likeness (QED) is 0.505. The molecule has 0 saturated heterocycles. The van der Waals surface area contributed by atoms with Gasteiger partial charge in [0.1, 0.15) is 10.0 Å². The molecule has 3 heterocycles. The summed E-state index contributed by atoms with van der Waals surface area (Å²) < 4.78 is 0. The van der Waals surface area contributed by atoms with Crippen LogP contribution < -0.4 is 5.32 Å². The molecule has 0 saturated carbocycles. The van der Waals surface area contributed by atoms with Crippen LogP contribution in [0.3, 0.4) is 0 Å². The maximum atomic E-state index is 12.7. The highest BCUT2D eigenvalue weighted by Crippen LogP contribution is 2.28. The summed E-state index contributed by atoms with van der Waals surface area (Å²) in [7, 11) is 0. The molecule has 3 aromatic heterocycles. The fourth-order valence-corrected chi connectivity index (χ4v) is 4.19. The Balaban J connectivity index is 1.44. The highest BCUT2D eigenvalue weighted by atomic mass is 32.2. The Morgan fingerprint density at radius 2 is 1.82 bits per heavy atom. The highest BCUT2D eigenvalue weighted by Gasteiger charge is 2.14. The zero-order valence-electron chi connectivity index (χ0n) is 14.8. The minimum Gasteiger partial charge on any atom is -0.345 e. The molecule has 7 heteroatoms. The van der Waals surface area contributed by atoms with Crippen LogP contribution in [0.4, 0.5) is 0 Å². The van der Waals surface area contributed by atoms with E-state index in [1.807, 2.05) is 47.8 Å². The molecule has 138 valence electrons. The standard InChI is InChI=1S/C21H16N4OS2/c26-20(17-7-4-10-23-21(17)28-16-5-2-1-3-6-16)24-13-19-25-18(14-27-19)15-8-11-22-12-9-15/h1-12,14H,13H2,(H,24,26). The molecular formula is C21H16N4OS2. The van der Waals surface area contributed by atoms with Gasteiger partial charge in [-0.25, -0.2) is 9.97 Å². The molecule has 0 bridgehead atoms. The van der Waals surface area contributed by atoms with Gasteiger partial charge in [-0.05, 0) is 36.4 Å². The molecule has 1 N–H and O–H groups in total. The van der Waals surface area contributed by atoms with E-state index in [4.69, 9.17) is 0 Å². The van der Waals surface area contributed by atoms with E-state index in [0.717, 1.165) is 21.2 Å². The molecule has 4 aromatic rings. The molecule has 28 heavy (non-hydrogen) atoms.